The summed E-state index contributed by atoms with van der Waals surface area (Å²) in [4.78, 5) is 0. The van der Waals surface area contributed by atoms with Crippen molar-refractivity contribution in [3.05, 3.63) is 0 Å². The molecule has 62 valence electrons. The monoisotopic (exact) mass is 150 g/mol. The quantitative estimate of drug-likeness (QED) is 0.498. The molecule has 4 unspecified atom stereocenters. The Morgan fingerprint density at radius 3 is 1.45 bits per heavy atom. The van der Waals surface area contributed by atoms with E-state index in [1.807, 2.05) is 0 Å². The van der Waals surface area contributed by atoms with Crippen LogP contribution >= 0.6 is 0 Å². The Morgan fingerprint density at radius 1 is 0.818 bits per heavy atom. The minimum atomic E-state index is 0.731. The molecule has 3 aliphatic rings. The number of hydrogen-bond donors (Lipinski definition) is 0. The van der Waals surface area contributed by atoms with Crippen LogP contribution in [-0.4, -0.2) is 0 Å². The van der Waals surface area contributed by atoms with Crippen molar-refractivity contribution in [2.24, 2.45) is 34.5 Å². The fraction of sp³-hybridized carbons (Fsp3) is 1.00. The SMILES string of the molecule is CC1(C)C2CC3C(C21)C3(C)C. The van der Waals surface area contributed by atoms with Gasteiger partial charge in [-0.15, -0.1) is 0 Å². The second-order valence-corrected chi connectivity index (χ2v) is 6.14. The maximum absolute atomic E-state index is 2.47. The van der Waals surface area contributed by atoms with E-state index in [-0.39, 0.29) is 0 Å². The average Bonchev–Trinajstić information content (AvgIpc) is 2.57. The highest BCUT2D eigenvalue weighted by molar-refractivity contribution is 5.26. The van der Waals surface area contributed by atoms with Gasteiger partial charge >= 0.3 is 0 Å². The third-order valence-corrected chi connectivity index (χ3v) is 5.17. The predicted molar refractivity (Wildman–Crippen MR) is 46.1 cm³/mol. The summed E-state index contributed by atoms with van der Waals surface area (Å²) < 4.78 is 0. The molecule has 4 atom stereocenters. The van der Waals surface area contributed by atoms with Crippen molar-refractivity contribution in [2.45, 2.75) is 34.1 Å². The summed E-state index contributed by atoms with van der Waals surface area (Å²) in [6, 6.07) is 0. The van der Waals surface area contributed by atoms with E-state index in [4.69, 9.17) is 0 Å². The highest BCUT2D eigenvalue weighted by Crippen LogP contribution is 2.84. The molecular formula is C11H18. The molecule has 0 amide bonds. The van der Waals surface area contributed by atoms with Crippen LogP contribution in [0.2, 0.25) is 0 Å². The van der Waals surface area contributed by atoms with E-state index in [0.717, 1.165) is 34.5 Å². The zero-order chi connectivity index (χ0) is 8.02. The van der Waals surface area contributed by atoms with Gasteiger partial charge in [0.05, 0.1) is 0 Å². The lowest BCUT2D eigenvalue weighted by atomic mass is 10.0. The average molecular weight is 150 g/mol. The maximum atomic E-state index is 2.47. The molecule has 0 heterocycles. The first kappa shape index (κ1) is 6.51. The topological polar surface area (TPSA) is 0 Å². The van der Waals surface area contributed by atoms with E-state index in [1.165, 1.54) is 0 Å². The largest absolute Gasteiger partial charge is 0.0593 e. The molecule has 3 fully saturated rings. The second-order valence-electron chi connectivity index (χ2n) is 6.14. The van der Waals surface area contributed by atoms with Crippen molar-refractivity contribution < 1.29 is 0 Å². The fourth-order valence-corrected chi connectivity index (χ4v) is 4.17. The van der Waals surface area contributed by atoms with Crippen LogP contribution < -0.4 is 0 Å². The molecule has 0 nitrogen and oxygen atoms in total. The highest BCUT2D eigenvalue weighted by atomic mass is 14.8. The molecule has 0 saturated heterocycles. The van der Waals surface area contributed by atoms with Crippen molar-refractivity contribution in [1.82, 2.24) is 0 Å². The molecule has 0 radical (unpaired) electrons. The Labute approximate surface area is 69.4 Å². The number of rotatable bonds is 0. The Morgan fingerprint density at radius 2 is 1.18 bits per heavy atom. The first-order valence-electron chi connectivity index (χ1n) is 4.97. The number of fused-ring (bicyclic) bond motifs is 3. The molecule has 0 heteroatoms. The van der Waals surface area contributed by atoms with Crippen LogP contribution in [0.3, 0.4) is 0 Å². The van der Waals surface area contributed by atoms with Gasteiger partial charge in [0.25, 0.3) is 0 Å². The normalized spacial score (nSPS) is 60.0. The molecule has 0 spiro atoms. The molecule has 11 heavy (non-hydrogen) atoms. The van der Waals surface area contributed by atoms with Gasteiger partial charge in [-0.1, -0.05) is 27.7 Å². The summed E-state index contributed by atoms with van der Waals surface area (Å²) in [6.07, 6.45) is 1.55. The van der Waals surface area contributed by atoms with Gasteiger partial charge in [-0.3, -0.25) is 0 Å². The summed E-state index contributed by atoms with van der Waals surface area (Å²) in [5, 5.41) is 0. The molecule has 0 bridgehead atoms. The van der Waals surface area contributed by atoms with E-state index in [2.05, 4.69) is 27.7 Å². The third-order valence-electron chi connectivity index (χ3n) is 5.17. The van der Waals surface area contributed by atoms with Gasteiger partial charge in [0.1, 0.15) is 0 Å². The lowest BCUT2D eigenvalue weighted by molar-refractivity contribution is 0.448. The molecule has 3 rings (SSSR count). The molecule has 3 aliphatic carbocycles. The Bertz CT molecular complexity index is 200. The summed E-state index contributed by atoms with van der Waals surface area (Å²) >= 11 is 0. The van der Waals surface area contributed by atoms with E-state index in [0.29, 0.717) is 0 Å². The summed E-state index contributed by atoms with van der Waals surface area (Å²) in [7, 11) is 0. The summed E-state index contributed by atoms with van der Waals surface area (Å²) in [5.74, 6) is 4.46. The van der Waals surface area contributed by atoms with Crippen LogP contribution in [0.15, 0.2) is 0 Å². The van der Waals surface area contributed by atoms with E-state index < -0.39 is 0 Å². The summed E-state index contributed by atoms with van der Waals surface area (Å²) in [6.45, 7) is 9.86. The van der Waals surface area contributed by atoms with Gasteiger partial charge in [-0.2, -0.15) is 0 Å². The first-order valence-corrected chi connectivity index (χ1v) is 4.97. The zero-order valence-corrected chi connectivity index (χ0v) is 8.02. The molecule has 0 aromatic carbocycles. The smallest absolute Gasteiger partial charge is 0.0289 e. The highest BCUT2D eigenvalue weighted by Gasteiger charge is 2.79. The Hall–Kier alpha value is 0. The Kier molecular flexibility index (Phi) is 0.767. The molecule has 3 saturated carbocycles. The lowest BCUT2D eigenvalue weighted by Gasteiger charge is -2.04. The minimum absolute atomic E-state index is 0.731. The van der Waals surface area contributed by atoms with Crippen LogP contribution in [0.25, 0.3) is 0 Å². The second kappa shape index (κ2) is 1.30. The van der Waals surface area contributed by atoms with Crippen LogP contribution in [0.1, 0.15) is 34.1 Å². The lowest BCUT2D eigenvalue weighted by Crippen LogP contribution is -1.97. The third kappa shape index (κ3) is 0.494. The van der Waals surface area contributed by atoms with E-state index in [9.17, 15) is 0 Å². The van der Waals surface area contributed by atoms with Crippen molar-refractivity contribution in [3.8, 4) is 0 Å². The predicted octanol–water partition coefficient (Wildman–Crippen LogP) is 2.93. The minimum Gasteiger partial charge on any atom is -0.0593 e. The van der Waals surface area contributed by atoms with Crippen molar-refractivity contribution in [3.63, 3.8) is 0 Å². The van der Waals surface area contributed by atoms with Crippen LogP contribution in [0.4, 0.5) is 0 Å². The molecule has 0 N–H and O–H groups in total. The van der Waals surface area contributed by atoms with Crippen molar-refractivity contribution >= 4 is 0 Å². The van der Waals surface area contributed by atoms with Gasteiger partial charge < -0.3 is 0 Å². The fourth-order valence-electron chi connectivity index (χ4n) is 4.17. The van der Waals surface area contributed by atoms with Crippen LogP contribution in [0, 0.1) is 34.5 Å². The van der Waals surface area contributed by atoms with E-state index >= 15 is 0 Å². The maximum Gasteiger partial charge on any atom is -0.0289 e. The zero-order valence-electron chi connectivity index (χ0n) is 8.02. The van der Waals surface area contributed by atoms with Crippen molar-refractivity contribution in [2.75, 3.05) is 0 Å². The molecule has 0 aromatic rings. The first-order chi connectivity index (χ1) is 4.97. The Balaban J connectivity index is 1.90. The van der Waals surface area contributed by atoms with Crippen LogP contribution in [0.5, 0.6) is 0 Å². The van der Waals surface area contributed by atoms with E-state index in [1.54, 1.807) is 6.42 Å². The molecular weight excluding hydrogens is 132 g/mol. The van der Waals surface area contributed by atoms with Gasteiger partial charge in [0.2, 0.25) is 0 Å². The van der Waals surface area contributed by atoms with Gasteiger partial charge in [-0.05, 0) is 40.9 Å². The van der Waals surface area contributed by atoms with Crippen LogP contribution in [-0.2, 0) is 0 Å². The van der Waals surface area contributed by atoms with Gasteiger partial charge in [0.15, 0.2) is 0 Å². The number of hydrogen-bond acceptors (Lipinski definition) is 0. The van der Waals surface area contributed by atoms with Gasteiger partial charge in [-0.25, -0.2) is 0 Å². The standard InChI is InChI=1S/C11H18/c1-10(2)6-5-7-9(8(6)10)11(7,3)4/h6-9H,5H2,1-4H3. The van der Waals surface area contributed by atoms with Gasteiger partial charge in [0, 0.05) is 0 Å². The molecule has 0 aromatic heterocycles. The van der Waals surface area contributed by atoms with Crippen molar-refractivity contribution in [1.29, 1.82) is 0 Å². The molecule has 0 aliphatic heterocycles. The summed E-state index contributed by atoms with van der Waals surface area (Å²) in [5.41, 5.74) is 1.46.